The maximum absolute atomic E-state index is 13.7. The van der Waals surface area contributed by atoms with Gasteiger partial charge in [0, 0.05) is 38.2 Å². The van der Waals surface area contributed by atoms with Crippen molar-refractivity contribution >= 4 is 24.2 Å². The molecule has 1 aromatic carbocycles. The van der Waals surface area contributed by atoms with E-state index < -0.39 is 36.5 Å². The fourth-order valence-corrected chi connectivity index (χ4v) is 7.58. The topological polar surface area (TPSA) is 137 Å². The van der Waals surface area contributed by atoms with E-state index in [-0.39, 0.29) is 50.2 Å². The lowest BCUT2D eigenvalue weighted by Crippen LogP contribution is -3.00. The molecular weight excluding hydrogens is 788 g/mol. The van der Waals surface area contributed by atoms with Crippen LogP contribution in [0.5, 0.6) is 5.75 Å². The van der Waals surface area contributed by atoms with Gasteiger partial charge in [0.15, 0.2) is 12.4 Å². The van der Waals surface area contributed by atoms with Crippen molar-refractivity contribution in [2.45, 2.75) is 168 Å². The molecule has 0 saturated carbocycles. The zero-order chi connectivity index (χ0) is 42.7. The monoisotopic (exact) mass is 861 g/mol. The second-order valence-corrected chi connectivity index (χ2v) is 15.4. The van der Waals surface area contributed by atoms with Crippen LogP contribution in [0, 0.1) is 0 Å². The van der Waals surface area contributed by atoms with Crippen molar-refractivity contribution in [2.24, 2.45) is 0 Å². The summed E-state index contributed by atoms with van der Waals surface area (Å²) in [5.74, 6) is -0.225. The van der Waals surface area contributed by atoms with E-state index in [1.807, 2.05) is 35.9 Å². The molecule has 13 nitrogen and oxygen atoms in total. The summed E-state index contributed by atoms with van der Waals surface area (Å²) in [7, 11) is 2.94. The molecule has 2 heterocycles. The zero-order valence-corrected chi connectivity index (χ0v) is 37.8. The predicted molar refractivity (Wildman–Crippen MR) is 227 cm³/mol. The van der Waals surface area contributed by atoms with Crippen molar-refractivity contribution in [2.75, 3.05) is 34.0 Å². The van der Waals surface area contributed by atoms with Crippen molar-refractivity contribution in [3.8, 4) is 5.75 Å². The maximum Gasteiger partial charge on any atom is 0.417 e. The third kappa shape index (κ3) is 18.3. The second-order valence-electron chi connectivity index (χ2n) is 15.4. The van der Waals surface area contributed by atoms with E-state index in [1.54, 1.807) is 24.3 Å². The normalized spacial score (nSPS) is 15.3. The predicted octanol–water partition coefficient (Wildman–Crippen LogP) is 6.74. The Morgan fingerprint density at radius 2 is 1.45 bits per heavy atom. The van der Waals surface area contributed by atoms with Gasteiger partial charge in [0.05, 0.1) is 25.9 Å². The Kier molecular flexibility index (Phi) is 26.8. The molecule has 338 valence electrons. The van der Waals surface area contributed by atoms with Crippen LogP contribution in [0.15, 0.2) is 48.7 Å². The molecule has 0 radical (unpaired) electrons. The van der Waals surface area contributed by atoms with Crippen molar-refractivity contribution in [1.82, 2.24) is 15.1 Å². The summed E-state index contributed by atoms with van der Waals surface area (Å²) in [5, 5.41) is 3.08. The van der Waals surface area contributed by atoms with Crippen LogP contribution in [-0.4, -0.2) is 86.3 Å². The average Bonchev–Trinajstić information content (AvgIpc) is 3.25. The molecule has 0 aliphatic carbocycles. The van der Waals surface area contributed by atoms with Gasteiger partial charge in [-0.2, -0.15) is 0 Å². The average molecular weight is 862 g/mol. The van der Waals surface area contributed by atoms with Gasteiger partial charge in [-0.1, -0.05) is 116 Å². The first-order chi connectivity index (χ1) is 28.8. The van der Waals surface area contributed by atoms with E-state index in [2.05, 4.69) is 19.2 Å². The number of alkyl carbamates (subject to hydrolysis) is 1. The number of aromatic nitrogens is 1. The van der Waals surface area contributed by atoms with E-state index in [4.69, 9.17) is 23.7 Å². The third-order valence-electron chi connectivity index (χ3n) is 10.9. The summed E-state index contributed by atoms with van der Waals surface area (Å²) in [4.78, 5) is 55.9. The number of methoxy groups -OCH3 is 2. The van der Waals surface area contributed by atoms with Gasteiger partial charge in [-0.15, -0.1) is 0 Å². The van der Waals surface area contributed by atoms with Crippen LogP contribution in [0.4, 0.5) is 14.4 Å². The number of benzene rings is 1. The van der Waals surface area contributed by atoms with Gasteiger partial charge >= 0.3 is 18.3 Å². The number of carbonyl (C=O) groups is 4. The zero-order valence-electron chi connectivity index (χ0n) is 37.0. The molecule has 4 amide bonds. The molecule has 3 rings (SSSR count). The van der Waals surface area contributed by atoms with E-state index in [0.29, 0.717) is 31.7 Å². The molecular formula is C46H73ClN4O9. The molecule has 1 aliphatic rings. The number of hydrogen-bond donors (Lipinski definition) is 1. The summed E-state index contributed by atoms with van der Waals surface area (Å²) in [5.41, 5.74) is 0.971. The number of carbonyl (C=O) groups excluding carboxylic acids is 4. The number of likely N-dealkylation sites (tertiary alicyclic amines) is 1. The Labute approximate surface area is 365 Å². The Hall–Kier alpha value is -4.10. The number of rotatable bonds is 27. The molecule has 1 saturated heterocycles. The van der Waals surface area contributed by atoms with Gasteiger partial charge in [-0.05, 0) is 44.7 Å². The van der Waals surface area contributed by atoms with Crippen LogP contribution >= 0.6 is 0 Å². The Balaban J connectivity index is 0.0000124. The first-order valence-corrected chi connectivity index (χ1v) is 22.3. The minimum Gasteiger partial charge on any atom is -1.00 e. The Morgan fingerprint density at radius 1 is 0.800 bits per heavy atom. The van der Waals surface area contributed by atoms with Gasteiger partial charge in [0.2, 0.25) is 5.69 Å². The molecule has 3 unspecified atom stereocenters. The largest absolute Gasteiger partial charge is 1.00 e. The fraction of sp³-hybridized carbons (Fsp3) is 0.674. The summed E-state index contributed by atoms with van der Waals surface area (Å²) in [6.45, 7) is 7.21. The van der Waals surface area contributed by atoms with Crippen LogP contribution in [-0.2, 0) is 32.0 Å². The molecule has 14 heteroatoms. The maximum atomic E-state index is 13.7. The number of nitrogens with one attached hydrogen (secondary N) is 1. The third-order valence-corrected chi connectivity index (χ3v) is 10.9. The standard InChI is InChI=1S/C46H72N4O9.ClH/c1-6-9-10-11-12-13-14-15-16-17-18-19-27-37(26-7-2)47-44(52)59-41-31-24-33-49(43(41)56-5)45(53)57-34-25-35-58-46(54)50(36-38-28-22-23-32-48(38)8-3)42(51)39-29-20-21-30-40(39)55-4;/h20-23,28-30,32,37,41,43H,6-19,24-27,31,33-36H2,1-5H3;1H. The highest BCUT2D eigenvalue weighted by Gasteiger charge is 2.38. The van der Waals surface area contributed by atoms with Crippen LogP contribution in [0.1, 0.15) is 152 Å². The highest BCUT2D eigenvalue weighted by Crippen LogP contribution is 2.24. The van der Waals surface area contributed by atoms with Gasteiger partial charge < -0.3 is 41.4 Å². The lowest BCUT2D eigenvalue weighted by molar-refractivity contribution is -0.701. The number of piperidine rings is 1. The number of unbranched alkanes of at least 4 members (excludes halogenated alkanes) is 11. The molecule has 60 heavy (non-hydrogen) atoms. The first kappa shape index (κ1) is 52.0. The van der Waals surface area contributed by atoms with Crippen LogP contribution < -0.4 is 27.0 Å². The lowest BCUT2D eigenvalue weighted by Gasteiger charge is -2.38. The fourth-order valence-electron chi connectivity index (χ4n) is 7.58. The molecule has 0 bridgehead atoms. The van der Waals surface area contributed by atoms with E-state index in [9.17, 15) is 19.2 Å². The van der Waals surface area contributed by atoms with E-state index in [1.165, 1.54) is 83.3 Å². The highest BCUT2D eigenvalue weighted by molar-refractivity contribution is 6.04. The number of para-hydroxylation sites is 1. The molecule has 3 atom stereocenters. The van der Waals surface area contributed by atoms with Crippen molar-refractivity contribution in [3.63, 3.8) is 0 Å². The summed E-state index contributed by atoms with van der Waals surface area (Å²) >= 11 is 0. The Morgan fingerprint density at radius 3 is 2.10 bits per heavy atom. The van der Waals surface area contributed by atoms with Gasteiger partial charge in [0.25, 0.3) is 5.91 Å². The van der Waals surface area contributed by atoms with E-state index in [0.717, 1.165) is 42.7 Å². The first-order valence-electron chi connectivity index (χ1n) is 22.3. The molecule has 1 N–H and O–H groups in total. The number of ether oxygens (including phenoxy) is 5. The molecule has 1 aromatic heterocycles. The molecule has 1 aliphatic heterocycles. The quantitative estimate of drug-likeness (QED) is 0.0589. The lowest BCUT2D eigenvalue weighted by atomic mass is 10.0. The summed E-state index contributed by atoms with van der Waals surface area (Å²) in [6, 6.07) is 12.3. The number of hydrogen-bond acceptors (Lipinski definition) is 9. The van der Waals surface area contributed by atoms with Gasteiger partial charge in [-0.3, -0.25) is 9.69 Å². The van der Waals surface area contributed by atoms with Crippen molar-refractivity contribution in [1.29, 1.82) is 0 Å². The Bertz CT molecular complexity index is 1530. The van der Waals surface area contributed by atoms with Crippen LogP contribution in [0.25, 0.3) is 0 Å². The second kappa shape index (κ2) is 30.9. The number of halogens is 1. The number of nitrogens with zero attached hydrogens (tertiary/aromatic N) is 3. The van der Waals surface area contributed by atoms with Crippen molar-refractivity contribution < 1.29 is 59.8 Å². The SMILES string of the molecule is CCCCCCCCCCCCCCC(CCC)NC(=O)OC1CCCN(C(=O)OCCCOC(=O)N(Cc2cccc[n+]2CC)C(=O)c2ccccc2OC)C1OC.[Cl-]. The minimum atomic E-state index is -0.831. The minimum absolute atomic E-state index is 0. The van der Waals surface area contributed by atoms with Gasteiger partial charge in [0.1, 0.15) is 24.9 Å². The summed E-state index contributed by atoms with van der Waals surface area (Å²) in [6.07, 6.45) is 18.1. The number of imide groups is 1. The van der Waals surface area contributed by atoms with Crippen LogP contribution in [0.2, 0.25) is 0 Å². The summed E-state index contributed by atoms with van der Waals surface area (Å²) < 4.78 is 29.9. The number of amides is 4. The number of pyridine rings is 1. The van der Waals surface area contributed by atoms with Crippen molar-refractivity contribution in [3.05, 3.63) is 59.9 Å². The molecule has 2 aromatic rings. The number of aryl methyl sites for hydroxylation is 1. The van der Waals surface area contributed by atoms with E-state index >= 15 is 0 Å². The molecule has 0 spiro atoms. The molecule has 1 fully saturated rings. The van der Waals surface area contributed by atoms with Gasteiger partial charge in [-0.25, -0.2) is 23.9 Å². The van der Waals surface area contributed by atoms with Crippen LogP contribution in [0.3, 0.4) is 0 Å². The highest BCUT2D eigenvalue weighted by atomic mass is 35.5. The smallest absolute Gasteiger partial charge is 0.417 e.